The van der Waals surface area contributed by atoms with Crippen LogP contribution in [0.3, 0.4) is 0 Å². The Morgan fingerprint density at radius 1 is 0.765 bits per heavy atom. The van der Waals surface area contributed by atoms with Gasteiger partial charge in [0.2, 0.25) is 0 Å². The maximum atomic E-state index is 3.50. The van der Waals surface area contributed by atoms with Gasteiger partial charge in [-0.15, -0.1) is 0 Å². The highest BCUT2D eigenvalue weighted by atomic mass is 15.2. The third-order valence-corrected chi connectivity index (χ3v) is 3.24. The van der Waals surface area contributed by atoms with Gasteiger partial charge in [-0.2, -0.15) is 0 Å². The zero-order chi connectivity index (χ0) is 12.2. The van der Waals surface area contributed by atoms with Crippen molar-refractivity contribution in [2.24, 2.45) is 0 Å². The van der Waals surface area contributed by atoms with Crippen LogP contribution in [-0.4, -0.2) is 63.8 Å². The molecule has 17 heavy (non-hydrogen) atoms. The average Bonchev–Trinajstić information content (AvgIpc) is 2.32. The van der Waals surface area contributed by atoms with Crippen molar-refractivity contribution < 1.29 is 0 Å². The number of hydrogen-bond acceptors (Lipinski definition) is 4. The molecule has 0 aromatic heterocycles. The fraction of sp³-hybridized carbons (Fsp3) is 1.00. The summed E-state index contributed by atoms with van der Waals surface area (Å²) in [6.07, 6.45) is 4.02. The lowest BCUT2D eigenvalue weighted by atomic mass is 10.2. The molecule has 1 aliphatic rings. The predicted octanol–water partition coefficient (Wildman–Crippen LogP) is 0.261. The maximum Gasteiger partial charge on any atom is 0.0107 e. The van der Waals surface area contributed by atoms with E-state index in [1.165, 1.54) is 38.9 Å². The molecule has 0 aromatic carbocycles. The Kier molecular flexibility index (Phi) is 9.61. The Labute approximate surface area is 107 Å². The van der Waals surface area contributed by atoms with Crippen molar-refractivity contribution in [1.82, 2.24) is 20.9 Å². The highest BCUT2D eigenvalue weighted by Crippen LogP contribution is 1.97. The van der Waals surface area contributed by atoms with E-state index in [0.717, 1.165) is 39.3 Å². The summed E-state index contributed by atoms with van der Waals surface area (Å²) in [6, 6.07) is 0. The summed E-state index contributed by atoms with van der Waals surface area (Å²) in [5.41, 5.74) is 0. The number of hydrogen-bond donors (Lipinski definition) is 3. The quantitative estimate of drug-likeness (QED) is 0.619. The summed E-state index contributed by atoms with van der Waals surface area (Å²) < 4.78 is 0. The number of nitrogens with zero attached hydrogens (tertiary/aromatic N) is 1. The largest absolute Gasteiger partial charge is 0.314 e. The molecule has 1 aliphatic heterocycles. The van der Waals surface area contributed by atoms with Crippen molar-refractivity contribution in [2.45, 2.75) is 26.2 Å². The summed E-state index contributed by atoms with van der Waals surface area (Å²) >= 11 is 0. The molecule has 4 nitrogen and oxygen atoms in total. The Morgan fingerprint density at radius 3 is 1.82 bits per heavy atom. The number of nitrogens with one attached hydrogen (secondary N) is 3. The van der Waals surface area contributed by atoms with Gasteiger partial charge in [0.05, 0.1) is 0 Å². The first-order valence-corrected chi connectivity index (χ1v) is 7.28. The van der Waals surface area contributed by atoms with Gasteiger partial charge in [-0.25, -0.2) is 0 Å². The van der Waals surface area contributed by atoms with Crippen molar-refractivity contribution in [1.29, 1.82) is 0 Å². The van der Waals surface area contributed by atoms with Crippen LogP contribution in [0, 0.1) is 0 Å². The lowest BCUT2D eigenvalue weighted by Crippen LogP contribution is -2.42. The van der Waals surface area contributed by atoms with E-state index < -0.39 is 0 Å². The topological polar surface area (TPSA) is 39.3 Å². The van der Waals surface area contributed by atoms with Crippen molar-refractivity contribution in [3.05, 3.63) is 0 Å². The minimum Gasteiger partial charge on any atom is -0.314 e. The molecule has 1 fully saturated rings. The molecule has 1 rings (SSSR count). The molecular formula is C13H30N4. The van der Waals surface area contributed by atoms with Gasteiger partial charge in [-0.1, -0.05) is 19.8 Å². The van der Waals surface area contributed by atoms with Crippen LogP contribution in [0.4, 0.5) is 0 Å². The Morgan fingerprint density at radius 2 is 1.29 bits per heavy atom. The fourth-order valence-corrected chi connectivity index (χ4v) is 2.12. The van der Waals surface area contributed by atoms with Gasteiger partial charge in [0.15, 0.2) is 0 Å². The van der Waals surface area contributed by atoms with Gasteiger partial charge < -0.3 is 20.9 Å². The first kappa shape index (κ1) is 14.9. The smallest absolute Gasteiger partial charge is 0.0107 e. The van der Waals surface area contributed by atoms with E-state index >= 15 is 0 Å². The van der Waals surface area contributed by atoms with Crippen LogP contribution in [0.15, 0.2) is 0 Å². The molecule has 102 valence electrons. The van der Waals surface area contributed by atoms with E-state index in [0.29, 0.717) is 0 Å². The lowest BCUT2D eigenvalue weighted by Gasteiger charge is -2.23. The van der Waals surface area contributed by atoms with Gasteiger partial charge >= 0.3 is 0 Å². The third kappa shape index (κ3) is 8.55. The molecule has 0 atom stereocenters. The molecule has 1 heterocycles. The highest BCUT2D eigenvalue weighted by Gasteiger charge is 2.04. The molecule has 0 unspecified atom stereocenters. The third-order valence-electron chi connectivity index (χ3n) is 3.24. The van der Waals surface area contributed by atoms with Crippen LogP contribution in [0.1, 0.15) is 26.2 Å². The van der Waals surface area contributed by atoms with Crippen molar-refractivity contribution >= 4 is 0 Å². The van der Waals surface area contributed by atoms with Gasteiger partial charge in [0, 0.05) is 52.4 Å². The summed E-state index contributed by atoms with van der Waals surface area (Å²) in [5, 5.41) is 10.4. The Bertz CT molecular complexity index is 151. The molecule has 0 bridgehead atoms. The zero-order valence-electron chi connectivity index (χ0n) is 11.4. The van der Waals surface area contributed by atoms with Crippen LogP contribution in [0.25, 0.3) is 0 Å². The van der Waals surface area contributed by atoms with E-state index in [-0.39, 0.29) is 0 Å². The fourth-order valence-electron chi connectivity index (χ4n) is 2.12. The molecule has 0 spiro atoms. The highest BCUT2D eigenvalue weighted by molar-refractivity contribution is 4.64. The molecular weight excluding hydrogens is 212 g/mol. The molecule has 1 saturated heterocycles. The van der Waals surface area contributed by atoms with E-state index in [4.69, 9.17) is 0 Å². The summed E-state index contributed by atoms with van der Waals surface area (Å²) in [4.78, 5) is 2.59. The second kappa shape index (κ2) is 11.0. The summed E-state index contributed by atoms with van der Waals surface area (Å²) in [7, 11) is 0. The van der Waals surface area contributed by atoms with Gasteiger partial charge in [0.1, 0.15) is 0 Å². The van der Waals surface area contributed by atoms with Crippen LogP contribution in [0.2, 0.25) is 0 Å². The number of unbranched alkanes of at least 4 members (excludes halogenated alkanes) is 2. The van der Waals surface area contributed by atoms with Crippen LogP contribution in [-0.2, 0) is 0 Å². The van der Waals surface area contributed by atoms with Crippen molar-refractivity contribution in [2.75, 3.05) is 58.9 Å². The second-order valence-corrected chi connectivity index (χ2v) is 4.80. The van der Waals surface area contributed by atoms with Gasteiger partial charge in [0.25, 0.3) is 0 Å². The van der Waals surface area contributed by atoms with Gasteiger partial charge in [-0.05, 0) is 13.0 Å². The molecule has 0 aromatic rings. The Balaban J connectivity index is 2.17. The maximum absolute atomic E-state index is 3.50. The summed E-state index contributed by atoms with van der Waals surface area (Å²) in [6.45, 7) is 12.5. The SMILES string of the molecule is CCCCCN1CCNCCNCCNCC1. The van der Waals surface area contributed by atoms with E-state index in [1.807, 2.05) is 0 Å². The van der Waals surface area contributed by atoms with Crippen LogP contribution < -0.4 is 16.0 Å². The minimum atomic E-state index is 1.08. The van der Waals surface area contributed by atoms with E-state index in [2.05, 4.69) is 27.8 Å². The monoisotopic (exact) mass is 242 g/mol. The van der Waals surface area contributed by atoms with E-state index in [9.17, 15) is 0 Å². The lowest BCUT2D eigenvalue weighted by molar-refractivity contribution is 0.265. The van der Waals surface area contributed by atoms with Crippen molar-refractivity contribution in [3.63, 3.8) is 0 Å². The first-order valence-electron chi connectivity index (χ1n) is 7.28. The molecule has 0 radical (unpaired) electrons. The minimum absolute atomic E-state index is 1.08. The van der Waals surface area contributed by atoms with Gasteiger partial charge in [-0.3, -0.25) is 0 Å². The molecule has 0 saturated carbocycles. The molecule has 4 heteroatoms. The molecule has 0 aliphatic carbocycles. The predicted molar refractivity (Wildman–Crippen MR) is 74.6 cm³/mol. The summed E-state index contributed by atoms with van der Waals surface area (Å²) in [5.74, 6) is 0. The number of rotatable bonds is 4. The standard InChI is InChI=1S/C13H30N4/c1-2-3-4-11-17-12-9-15-7-5-14-6-8-16-10-13-17/h14-16H,2-13H2,1H3. The normalized spacial score (nSPS) is 21.7. The molecule has 0 amide bonds. The zero-order valence-corrected chi connectivity index (χ0v) is 11.4. The van der Waals surface area contributed by atoms with Crippen molar-refractivity contribution in [3.8, 4) is 0 Å². The molecule has 3 N–H and O–H groups in total. The van der Waals surface area contributed by atoms with E-state index in [1.54, 1.807) is 0 Å². The Hall–Kier alpha value is -0.160. The second-order valence-electron chi connectivity index (χ2n) is 4.80. The first-order chi connectivity index (χ1) is 8.43. The van der Waals surface area contributed by atoms with Crippen LogP contribution in [0.5, 0.6) is 0 Å². The van der Waals surface area contributed by atoms with Crippen LogP contribution >= 0.6 is 0 Å². The average molecular weight is 242 g/mol.